The average molecular weight is 453 g/mol. The molecule has 1 N–H and O–H groups in total. The number of thiazole rings is 1. The predicted octanol–water partition coefficient (Wildman–Crippen LogP) is 4.51. The maximum Gasteiger partial charge on any atom is 0.326 e. The number of piperidine rings is 1. The Hall–Kier alpha value is -2.90. The van der Waals surface area contributed by atoms with Gasteiger partial charge in [-0.3, -0.25) is 9.36 Å². The number of rotatable bonds is 4. The molecule has 1 aliphatic rings. The Labute approximate surface area is 188 Å². The van der Waals surface area contributed by atoms with Gasteiger partial charge in [-0.1, -0.05) is 41.9 Å². The van der Waals surface area contributed by atoms with Gasteiger partial charge in [0, 0.05) is 30.1 Å². The number of H-pyrrole nitrogens is 1. The van der Waals surface area contributed by atoms with E-state index in [0.29, 0.717) is 18.1 Å². The highest BCUT2D eigenvalue weighted by atomic mass is 35.5. The number of amides is 1. The molecule has 4 aromatic rings. The van der Waals surface area contributed by atoms with E-state index in [-0.39, 0.29) is 24.1 Å². The van der Waals surface area contributed by atoms with Crippen molar-refractivity contribution in [2.45, 2.75) is 25.3 Å². The number of benzene rings is 2. The first-order valence-corrected chi connectivity index (χ1v) is 11.5. The molecule has 158 valence electrons. The molecular formula is C23H21ClN4O2S. The third-order valence-corrected chi connectivity index (χ3v) is 7.05. The van der Waals surface area contributed by atoms with Crippen LogP contribution >= 0.6 is 22.9 Å². The molecule has 0 radical (unpaired) electrons. The zero-order valence-corrected chi connectivity index (χ0v) is 18.3. The minimum Gasteiger partial charge on any atom is -0.342 e. The summed E-state index contributed by atoms with van der Waals surface area (Å²) in [6.07, 6.45) is 1.80. The standard InChI is InChI=1S/C23H21ClN4O2S/c24-18-6-2-1-5-17(18)22-25-15(14-31-22)13-21(29)27-11-9-16(10-12-27)28-20-8-4-3-7-19(20)26-23(28)30/h1-8,14,16H,9-13H2,(H,26,30). The maximum atomic E-state index is 12.8. The van der Waals surface area contributed by atoms with E-state index >= 15 is 0 Å². The van der Waals surface area contributed by atoms with E-state index in [2.05, 4.69) is 9.97 Å². The van der Waals surface area contributed by atoms with Crippen LogP contribution in [0.3, 0.4) is 0 Å². The molecule has 6 nitrogen and oxygen atoms in total. The van der Waals surface area contributed by atoms with Gasteiger partial charge in [-0.2, -0.15) is 0 Å². The van der Waals surface area contributed by atoms with Crippen molar-refractivity contribution in [3.8, 4) is 10.6 Å². The highest BCUT2D eigenvalue weighted by Gasteiger charge is 2.26. The molecule has 0 aliphatic carbocycles. The molecule has 0 spiro atoms. The smallest absolute Gasteiger partial charge is 0.326 e. The number of para-hydroxylation sites is 2. The maximum absolute atomic E-state index is 12.8. The first-order chi connectivity index (χ1) is 15.1. The van der Waals surface area contributed by atoms with E-state index in [1.54, 1.807) is 0 Å². The molecule has 5 rings (SSSR count). The van der Waals surface area contributed by atoms with Crippen molar-refractivity contribution < 1.29 is 4.79 Å². The molecule has 0 unspecified atom stereocenters. The third-order valence-electron chi connectivity index (χ3n) is 5.79. The van der Waals surface area contributed by atoms with E-state index < -0.39 is 0 Å². The minimum atomic E-state index is -0.0828. The summed E-state index contributed by atoms with van der Waals surface area (Å²) in [5, 5.41) is 3.41. The Balaban J connectivity index is 1.24. The van der Waals surface area contributed by atoms with Gasteiger partial charge in [0.2, 0.25) is 5.91 Å². The second-order valence-electron chi connectivity index (χ2n) is 7.73. The van der Waals surface area contributed by atoms with Gasteiger partial charge in [0.05, 0.1) is 28.2 Å². The van der Waals surface area contributed by atoms with Crippen molar-refractivity contribution in [2.75, 3.05) is 13.1 Å². The van der Waals surface area contributed by atoms with Crippen molar-refractivity contribution in [1.82, 2.24) is 19.4 Å². The van der Waals surface area contributed by atoms with Crippen molar-refractivity contribution in [2.24, 2.45) is 0 Å². The van der Waals surface area contributed by atoms with Crippen LogP contribution in [0.15, 0.2) is 58.7 Å². The van der Waals surface area contributed by atoms with Gasteiger partial charge in [0.25, 0.3) is 0 Å². The number of halogens is 1. The fourth-order valence-corrected chi connectivity index (χ4v) is 5.36. The number of hydrogen-bond acceptors (Lipinski definition) is 4. The summed E-state index contributed by atoms with van der Waals surface area (Å²) in [4.78, 5) is 34.7. The summed E-state index contributed by atoms with van der Waals surface area (Å²) in [7, 11) is 0. The van der Waals surface area contributed by atoms with Gasteiger partial charge in [-0.25, -0.2) is 9.78 Å². The van der Waals surface area contributed by atoms with Crippen molar-refractivity contribution in [3.05, 3.63) is 75.1 Å². The van der Waals surface area contributed by atoms with Crippen LogP contribution in [0.4, 0.5) is 0 Å². The molecule has 2 aromatic heterocycles. The molecule has 31 heavy (non-hydrogen) atoms. The fraction of sp³-hybridized carbons (Fsp3) is 0.261. The number of imidazole rings is 1. The number of nitrogens with one attached hydrogen (secondary N) is 1. The van der Waals surface area contributed by atoms with Gasteiger partial charge in [-0.05, 0) is 31.0 Å². The van der Waals surface area contributed by atoms with E-state index in [0.717, 1.165) is 40.1 Å². The number of fused-ring (bicyclic) bond motifs is 1. The summed E-state index contributed by atoms with van der Waals surface area (Å²) < 4.78 is 1.84. The van der Waals surface area contributed by atoms with Crippen LogP contribution in [0.1, 0.15) is 24.6 Å². The number of aromatic nitrogens is 3. The second kappa shape index (κ2) is 8.32. The zero-order chi connectivity index (χ0) is 21.4. The highest BCUT2D eigenvalue weighted by Crippen LogP contribution is 2.30. The van der Waals surface area contributed by atoms with Gasteiger partial charge >= 0.3 is 5.69 Å². The second-order valence-corrected chi connectivity index (χ2v) is 9.00. The first-order valence-electron chi connectivity index (χ1n) is 10.3. The summed E-state index contributed by atoms with van der Waals surface area (Å²) >= 11 is 7.76. The molecular weight excluding hydrogens is 432 g/mol. The topological polar surface area (TPSA) is 71.0 Å². The van der Waals surface area contributed by atoms with Gasteiger partial charge < -0.3 is 9.88 Å². The SMILES string of the molecule is O=C(Cc1csc(-c2ccccc2Cl)n1)N1CCC(n2c(=O)[nH]c3ccccc32)CC1. The van der Waals surface area contributed by atoms with Crippen LogP contribution in [0.5, 0.6) is 0 Å². The number of carbonyl (C=O) groups excluding carboxylic acids is 1. The predicted molar refractivity (Wildman–Crippen MR) is 124 cm³/mol. The molecule has 0 saturated carbocycles. The average Bonchev–Trinajstić information content (AvgIpc) is 3.37. The molecule has 8 heteroatoms. The van der Waals surface area contributed by atoms with Crippen molar-refractivity contribution in [1.29, 1.82) is 0 Å². The molecule has 2 aromatic carbocycles. The van der Waals surface area contributed by atoms with Gasteiger partial charge in [-0.15, -0.1) is 11.3 Å². The van der Waals surface area contributed by atoms with Crippen LogP contribution in [0.2, 0.25) is 5.02 Å². The monoisotopic (exact) mass is 452 g/mol. The first kappa shape index (κ1) is 20.0. The van der Waals surface area contributed by atoms with Gasteiger partial charge in [0.1, 0.15) is 5.01 Å². The van der Waals surface area contributed by atoms with E-state index in [9.17, 15) is 9.59 Å². The number of carbonyl (C=O) groups is 1. The van der Waals surface area contributed by atoms with E-state index in [1.807, 2.05) is 63.4 Å². The fourth-order valence-electron chi connectivity index (χ4n) is 4.22. The summed E-state index contributed by atoms with van der Waals surface area (Å²) in [6, 6.07) is 15.4. The van der Waals surface area contributed by atoms with Crippen molar-refractivity contribution >= 4 is 39.9 Å². The lowest BCUT2D eigenvalue weighted by atomic mass is 10.0. The Bertz CT molecular complexity index is 1300. The lowest BCUT2D eigenvalue weighted by Gasteiger charge is -2.32. The van der Waals surface area contributed by atoms with Gasteiger partial charge in [0.15, 0.2) is 0 Å². The van der Waals surface area contributed by atoms with Crippen LogP contribution < -0.4 is 5.69 Å². The normalized spacial score (nSPS) is 14.9. The lowest BCUT2D eigenvalue weighted by molar-refractivity contribution is -0.131. The largest absolute Gasteiger partial charge is 0.342 e. The molecule has 1 fully saturated rings. The van der Waals surface area contributed by atoms with Crippen molar-refractivity contribution in [3.63, 3.8) is 0 Å². The Morgan fingerprint density at radius 2 is 1.87 bits per heavy atom. The van der Waals surface area contributed by atoms with Crippen LogP contribution in [-0.2, 0) is 11.2 Å². The molecule has 3 heterocycles. The zero-order valence-electron chi connectivity index (χ0n) is 16.8. The molecule has 1 saturated heterocycles. The number of aromatic amines is 1. The minimum absolute atomic E-state index is 0.0701. The molecule has 1 aliphatic heterocycles. The van der Waals surface area contributed by atoms with Crippen LogP contribution in [0, 0.1) is 0 Å². The lowest BCUT2D eigenvalue weighted by Crippen LogP contribution is -2.41. The molecule has 1 amide bonds. The Morgan fingerprint density at radius 1 is 1.13 bits per heavy atom. The van der Waals surface area contributed by atoms with Crippen LogP contribution in [-0.4, -0.2) is 38.4 Å². The van der Waals surface area contributed by atoms with E-state index in [1.165, 1.54) is 11.3 Å². The summed E-state index contributed by atoms with van der Waals surface area (Å²) in [5.74, 6) is 0.0701. The third kappa shape index (κ3) is 3.91. The number of likely N-dealkylation sites (tertiary alicyclic amines) is 1. The molecule has 0 bridgehead atoms. The van der Waals surface area contributed by atoms with E-state index in [4.69, 9.17) is 11.6 Å². The Morgan fingerprint density at radius 3 is 2.68 bits per heavy atom. The number of nitrogens with zero attached hydrogens (tertiary/aromatic N) is 3. The van der Waals surface area contributed by atoms with Crippen LogP contribution in [0.25, 0.3) is 21.6 Å². The quantitative estimate of drug-likeness (QED) is 0.495. The summed E-state index contributed by atoms with van der Waals surface area (Å²) in [5.41, 5.74) is 3.34. The number of hydrogen-bond donors (Lipinski definition) is 1. The molecule has 0 atom stereocenters. The highest BCUT2D eigenvalue weighted by molar-refractivity contribution is 7.13. The Kier molecular flexibility index (Phi) is 5.38. The summed E-state index contributed by atoms with van der Waals surface area (Å²) in [6.45, 7) is 1.27.